The van der Waals surface area contributed by atoms with Crippen LogP contribution in [0.15, 0.2) is 40.2 Å². The molecular weight excluding hydrogens is 350 g/mol. The predicted octanol–water partition coefficient (Wildman–Crippen LogP) is 3.73. The van der Waals surface area contributed by atoms with Gasteiger partial charge in [0, 0.05) is 21.7 Å². The molecule has 2 amide bonds. The molecule has 2 atom stereocenters. The SMILES string of the molecule is Cc1cccc(C2C(=O)NC(=O)CC2c2sccc2Br)c1. The van der Waals surface area contributed by atoms with Crippen LogP contribution >= 0.6 is 27.3 Å². The first kappa shape index (κ1) is 14.5. The molecule has 2 aromatic rings. The standard InChI is InChI=1S/C16H14BrNO2S/c1-9-3-2-4-10(7-9)14-11(8-13(19)18-16(14)20)15-12(17)5-6-21-15/h2-7,11,14H,8H2,1H3,(H,18,19,20). The van der Waals surface area contributed by atoms with Crippen molar-refractivity contribution in [2.75, 3.05) is 0 Å². The van der Waals surface area contributed by atoms with Gasteiger partial charge in [0.1, 0.15) is 0 Å². The average molecular weight is 364 g/mol. The fourth-order valence-corrected chi connectivity index (χ4v) is 4.63. The lowest BCUT2D eigenvalue weighted by Crippen LogP contribution is -2.43. The van der Waals surface area contributed by atoms with Crippen LogP contribution in [0.25, 0.3) is 0 Å². The Labute approximate surface area is 135 Å². The fourth-order valence-electron chi connectivity index (χ4n) is 2.83. The van der Waals surface area contributed by atoms with Crippen LogP contribution in [0.2, 0.25) is 0 Å². The van der Waals surface area contributed by atoms with Gasteiger partial charge in [-0.15, -0.1) is 11.3 Å². The minimum Gasteiger partial charge on any atom is -0.296 e. The van der Waals surface area contributed by atoms with Crippen molar-refractivity contribution in [1.82, 2.24) is 5.32 Å². The second-order valence-corrected chi connectivity index (χ2v) is 7.05. The first-order valence-corrected chi connectivity index (χ1v) is 8.36. The molecule has 3 rings (SSSR count). The largest absolute Gasteiger partial charge is 0.296 e. The number of amides is 2. The minimum absolute atomic E-state index is 0.109. The Hall–Kier alpha value is -1.46. The number of rotatable bonds is 2. The maximum absolute atomic E-state index is 12.4. The first-order chi connectivity index (χ1) is 10.1. The molecule has 0 radical (unpaired) electrons. The van der Waals surface area contributed by atoms with E-state index in [9.17, 15) is 9.59 Å². The van der Waals surface area contributed by atoms with Gasteiger partial charge < -0.3 is 0 Å². The van der Waals surface area contributed by atoms with Crippen LogP contribution in [0.3, 0.4) is 0 Å². The Morgan fingerprint density at radius 3 is 2.76 bits per heavy atom. The number of nitrogens with one attached hydrogen (secondary N) is 1. The molecule has 0 saturated carbocycles. The first-order valence-electron chi connectivity index (χ1n) is 6.69. The van der Waals surface area contributed by atoms with Crippen molar-refractivity contribution >= 4 is 39.1 Å². The van der Waals surface area contributed by atoms with Crippen LogP contribution in [0.1, 0.15) is 34.3 Å². The maximum Gasteiger partial charge on any atom is 0.234 e. The zero-order valence-electron chi connectivity index (χ0n) is 11.4. The molecule has 1 aromatic heterocycles. The zero-order chi connectivity index (χ0) is 15.0. The lowest BCUT2D eigenvalue weighted by Gasteiger charge is -2.30. The molecule has 1 aliphatic heterocycles. The fraction of sp³-hybridized carbons (Fsp3) is 0.250. The Kier molecular flexibility index (Phi) is 3.95. The molecular formula is C16H14BrNO2S. The van der Waals surface area contributed by atoms with Crippen LogP contribution in [0.5, 0.6) is 0 Å². The van der Waals surface area contributed by atoms with Crippen molar-refractivity contribution in [2.45, 2.75) is 25.2 Å². The quantitative estimate of drug-likeness (QED) is 0.826. The number of thiophene rings is 1. The third-order valence-corrected chi connectivity index (χ3v) is 5.74. The summed E-state index contributed by atoms with van der Waals surface area (Å²) in [6.07, 6.45) is 0.337. The van der Waals surface area contributed by atoms with Gasteiger partial charge in [-0.1, -0.05) is 29.8 Å². The van der Waals surface area contributed by atoms with Gasteiger partial charge in [-0.2, -0.15) is 0 Å². The van der Waals surface area contributed by atoms with E-state index in [2.05, 4.69) is 21.2 Å². The summed E-state index contributed by atoms with van der Waals surface area (Å²) in [6, 6.07) is 9.90. The number of halogens is 1. The van der Waals surface area contributed by atoms with E-state index in [1.807, 2.05) is 42.6 Å². The highest BCUT2D eigenvalue weighted by Gasteiger charge is 2.39. The second kappa shape index (κ2) is 5.73. The van der Waals surface area contributed by atoms with E-state index < -0.39 is 0 Å². The lowest BCUT2D eigenvalue weighted by atomic mass is 9.79. The number of imide groups is 1. The van der Waals surface area contributed by atoms with E-state index in [1.54, 1.807) is 11.3 Å². The smallest absolute Gasteiger partial charge is 0.234 e. The Balaban J connectivity index is 2.07. The van der Waals surface area contributed by atoms with Gasteiger partial charge in [-0.3, -0.25) is 14.9 Å². The number of hydrogen-bond donors (Lipinski definition) is 1. The molecule has 0 aliphatic carbocycles. The summed E-state index contributed by atoms with van der Waals surface area (Å²) in [5.41, 5.74) is 2.08. The maximum atomic E-state index is 12.4. The molecule has 5 heteroatoms. The van der Waals surface area contributed by atoms with E-state index in [-0.39, 0.29) is 23.7 Å². The molecule has 2 heterocycles. The number of carbonyl (C=O) groups is 2. The zero-order valence-corrected chi connectivity index (χ0v) is 13.8. The van der Waals surface area contributed by atoms with Gasteiger partial charge in [0.05, 0.1) is 5.92 Å². The predicted molar refractivity (Wildman–Crippen MR) is 86.4 cm³/mol. The van der Waals surface area contributed by atoms with Gasteiger partial charge in [0.25, 0.3) is 0 Å². The Bertz CT molecular complexity index is 710. The number of carbonyl (C=O) groups excluding carboxylic acids is 2. The van der Waals surface area contributed by atoms with Gasteiger partial charge in [-0.05, 0) is 39.9 Å². The Morgan fingerprint density at radius 1 is 1.29 bits per heavy atom. The topological polar surface area (TPSA) is 46.2 Å². The van der Waals surface area contributed by atoms with E-state index in [0.29, 0.717) is 6.42 Å². The van der Waals surface area contributed by atoms with Crippen LogP contribution < -0.4 is 5.32 Å². The average Bonchev–Trinajstić information content (AvgIpc) is 2.84. The van der Waals surface area contributed by atoms with E-state index in [1.165, 1.54) is 0 Å². The van der Waals surface area contributed by atoms with Crippen LogP contribution in [-0.4, -0.2) is 11.8 Å². The Morgan fingerprint density at radius 2 is 2.10 bits per heavy atom. The van der Waals surface area contributed by atoms with Crippen LogP contribution in [0.4, 0.5) is 0 Å². The number of hydrogen-bond acceptors (Lipinski definition) is 3. The molecule has 2 unspecified atom stereocenters. The number of benzene rings is 1. The highest BCUT2D eigenvalue weighted by molar-refractivity contribution is 9.10. The molecule has 1 aliphatic rings. The normalized spacial score (nSPS) is 22.2. The van der Waals surface area contributed by atoms with E-state index in [0.717, 1.165) is 20.5 Å². The second-order valence-electron chi connectivity index (χ2n) is 5.25. The highest BCUT2D eigenvalue weighted by Crippen LogP contribution is 2.43. The third kappa shape index (κ3) is 2.80. The minimum atomic E-state index is -0.322. The van der Waals surface area contributed by atoms with Crippen LogP contribution in [0, 0.1) is 6.92 Å². The molecule has 1 saturated heterocycles. The van der Waals surface area contributed by atoms with Crippen molar-refractivity contribution < 1.29 is 9.59 Å². The number of piperidine rings is 1. The van der Waals surface area contributed by atoms with E-state index >= 15 is 0 Å². The summed E-state index contributed by atoms with van der Waals surface area (Å²) in [6.45, 7) is 2.01. The number of aryl methyl sites for hydroxylation is 1. The monoisotopic (exact) mass is 363 g/mol. The van der Waals surface area contributed by atoms with Crippen molar-refractivity contribution in [2.24, 2.45) is 0 Å². The molecule has 108 valence electrons. The summed E-state index contributed by atoms with van der Waals surface area (Å²) in [4.78, 5) is 25.2. The molecule has 0 bridgehead atoms. The van der Waals surface area contributed by atoms with Gasteiger partial charge in [-0.25, -0.2) is 0 Å². The highest BCUT2D eigenvalue weighted by atomic mass is 79.9. The van der Waals surface area contributed by atoms with Crippen LogP contribution in [-0.2, 0) is 9.59 Å². The summed E-state index contributed by atoms with van der Waals surface area (Å²) in [5.74, 6) is -0.837. The molecule has 1 aromatic carbocycles. The molecule has 1 N–H and O–H groups in total. The summed E-state index contributed by atoms with van der Waals surface area (Å²) in [5, 5.41) is 4.45. The van der Waals surface area contributed by atoms with Gasteiger partial charge >= 0.3 is 0 Å². The summed E-state index contributed by atoms with van der Waals surface area (Å²) >= 11 is 5.11. The van der Waals surface area contributed by atoms with Gasteiger partial charge in [0.2, 0.25) is 11.8 Å². The molecule has 21 heavy (non-hydrogen) atoms. The van der Waals surface area contributed by atoms with Crippen molar-refractivity contribution in [1.29, 1.82) is 0 Å². The molecule has 1 fully saturated rings. The van der Waals surface area contributed by atoms with E-state index in [4.69, 9.17) is 0 Å². The molecule has 3 nitrogen and oxygen atoms in total. The van der Waals surface area contributed by atoms with Crippen molar-refractivity contribution in [3.63, 3.8) is 0 Å². The summed E-state index contributed by atoms with van der Waals surface area (Å²) < 4.78 is 0.970. The summed E-state index contributed by atoms with van der Waals surface area (Å²) in [7, 11) is 0. The van der Waals surface area contributed by atoms with Gasteiger partial charge in [0.15, 0.2) is 0 Å². The third-order valence-electron chi connectivity index (χ3n) is 3.74. The lowest BCUT2D eigenvalue weighted by molar-refractivity contribution is -0.135. The van der Waals surface area contributed by atoms with Crippen molar-refractivity contribution in [3.8, 4) is 0 Å². The molecule has 0 spiro atoms. The van der Waals surface area contributed by atoms with Crippen molar-refractivity contribution in [3.05, 3.63) is 56.2 Å².